The minimum atomic E-state index is -0.547. The summed E-state index contributed by atoms with van der Waals surface area (Å²) in [6.07, 6.45) is -0.547. The summed E-state index contributed by atoms with van der Waals surface area (Å²) in [5.74, 6) is 0.596. The van der Waals surface area contributed by atoms with E-state index in [1.165, 1.54) is 0 Å². The highest BCUT2D eigenvalue weighted by atomic mass is 16.5. The van der Waals surface area contributed by atoms with E-state index in [1.54, 1.807) is 38.3 Å². The second kappa shape index (κ2) is 6.23. The molecule has 2 aromatic carbocycles. The van der Waals surface area contributed by atoms with Crippen LogP contribution in [-0.4, -0.2) is 25.0 Å². The second-order valence-electron chi connectivity index (χ2n) is 5.62. The van der Waals surface area contributed by atoms with Crippen LogP contribution in [0, 0.1) is 6.92 Å². The van der Waals surface area contributed by atoms with Gasteiger partial charge in [0.1, 0.15) is 11.5 Å². The van der Waals surface area contributed by atoms with Crippen molar-refractivity contribution in [2.75, 3.05) is 17.7 Å². The third-order valence-electron chi connectivity index (χ3n) is 3.78. The first kappa shape index (κ1) is 15.9. The van der Waals surface area contributed by atoms with E-state index in [-0.39, 0.29) is 11.8 Å². The predicted octanol–water partition coefficient (Wildman–Crippen LogP) is 2.98. The fourth-order valence-corrected chi connectivity index (χ4v) is 2.46. The second-order valence-corrected chi connectivity index (χ2v) is 5.62. The van der Waals surface area contributed by atoms with Gasteiger partial charge >= 0.3 is 0 Å². The van der Waals surface area contributed by atoms with Gasteiger partial charge in [-0.3, -0.25) is 9.59 Å². The van der Waals surface area contributed by atoms with E-state index < -0.39 is 6.10 Å². The molecule has 24 heavy (non-hydrogen) atoms. The first-order valence-electron chi connectivity index (χ1n) is 7.55. The summed E-state index contributed by atoms with van der Waals surface area (Å²) in [6, 6.07) is 10.5. The van der Waals surface area contributed by atoms with E-state index >= 15 is 0 Å². The van der Waals surface area contributed by atoms with Gasteiger partial charge in [0.05, 0.1) is 18.5 Å². The molecule has 0 radical (unpaired) electrons. The van der Waals surface area contributed by atoms with Crippen molar-refractivity contribution in [2.24, 2.45) is 0 Å². The number of nitrogens with one attached hydrogen (secondary N) is 2. The molecule has 6 heteroatoms. The van der Waals surface area contributed by atoms with Gasteiger partial charge < -0.3 is 20.1 Å². The maximum atomic E-state index is 12.5. The molecule has 0 saturated carbocycles. The Morgan fingerprint density at radius 3 is 2.79 bits per heavy atom. The molecular formula is C18H18N2O4. The highest BCUT2D eigenvalue weighted by molar-refractivity contribution is 6.07. The average Bonchev–Trinajstić information content (AvgIpc) is 2.55. The first-order valence-corrected chi connectivity index (χ1v) is 7.55. The molecule has 0 spiro atoms. The molecule has 0 fully saturated rings. The highest BCUT2D eigenvalue weighted by Gasteiger charge is 2.24. The monoisotopic (exact) mass is 326 g/mol. The number of rotatable bonds is 3. The molecule has 124 valence electrons. The largest absolute Gasteiger partial charge is 0.495 e. The molecule has 0 aliphatic carbocycles. The minimum Gasteiger partial charge on any atom is -0.495 e. The van der Waals surface area contributed by atoms with Crippen molar-refractivity contribution in [3.8, 4) is 11.5 Å². The fraction of sp³-hybridized carbons (Fsp3) is 0.222. The Morgan fingerprint density at radius 1 is 1.25 bits per heavy atom. The first-order chi connectivity index (χ1) is 11.5. The van der Waals surface area contributed by atoms with Crippen LogP contribution in [0.25, 0.3) is 0 Å². The molecule has 1 aliphatic rings. The van der Waals surface area contributed by atoms with Gasteiger partial charge in [-0.15, -0.1) is 0 Å². The molecule has 3 rings (SSSR count). The summed E-state index contributed by atoms with van der Waals surface area (Å²) >= 11 is 0. The van der Waals surface area contributed by atoms with Crippen molar-refractivity contribution in [1.82, 2.24) is 0 Å². The van der Waals surface area contributed by atoms with Crippen LogP contribution in [0.4, 0.5) is 11.4 Å². The van der Waals surface area contributed by atoms with Crippen LogP contribution in [0.15, 0.2) is 36.4 Å². The molecule has 1 aliphatic heterocycles. The van der Waals surface area contributed by atoms with Crippen molar-refractivity contribution < 1.29 is 19.1 Å². The number of fused-ring (bicyclic) bond motifs is 1. The van der Waals surface area contributed by atoms with Crippen LogP contribution in [0.2, 0.25) is 0 Å². The number of amides is 2. The zero-order chi connectivity index (χ0) is 17.3. The lowest BCUT2D eigenvalue weighted by molar-refractivity contribution is -0.122. The van der Waals surface area contributed by atoms with Crippen molar-refractivity contribution in [2.45, 2.75) is 20.0 Å². The van der Waals surface area contributed by atoms with Gasteiger partial charge in [0.25, 0.3) is 11.8 Å². The van der Waals surface area contributed by atoms with Crippen molar-refractivity contribution in [3.05, 3.63) is 47.5 Å². The van der Waals surface area contributed by atoms with E-state index in [1.807, 2.05) is 19.1 Å². The molecular weight excluding hydrogens is 308 g/mol. The maximum Gasteiger partial charge on any atom is 0.265 e. The van der Waals surface area contributed by atoms with Crippen LogP contribution < -0.4 is 20.1 Å². The number of carbonyl (C=O) groups excluding carboxylic acids is 2. The van der Waals surface area contributed by atoms with Crippen molar-refractivity contribution in [1.29, 1.82) is 0 Å². The smallest absolute Gasteiger partial charge is 0.265 e. The number of benzene rings is 2. The third kappa shape index (κ3) is 3.03. The Hall–Kier alpha value is -3.02. The van der Waals surface area contributed by atoms with Crippen LogP contribution in [-0.2, 0) is 4.79 Å². The van der Waals surface area contributed by atoms with E-state index in [9.17, 15) is 9.59 Å². The number of hydrogen-bond donors (Lipinski definition) is 2. The number of anilines is 2. The Balaban J connectivity index is 1.85. The summed E-state index contributed by atoms with van der Waals surface area (Å²) in [5.41, 5.74) is 2.50. The van der Waals surface area contributed by atoms with Gasteiger partial charge in [0.15, 0.2) is 6.10 Å². The zero-order valence-corrected chi connectivity index (χ0v) is 13.7. The Kier molecular flexibility index (Phi) is 4.12. The topological polar surface area (TPSA) is 76.7 Å². The standard InChI is InChI=1S/C18H18N2O4/c1-10-4-6-15(23-3)13(8-10)20-18(22)12-5-7-16-14(9-12)19-17(21)11(2)24-16/h4-9,11H,1-3H3,(H,19,21)(H,20,22). The zero-order valence-electron chi connectivity index (χ0n) is 13.7. The van der Waals surface area contributed by atoms with Gasteiger partial charge in [0.2, 0.25) is 0 Å². The Bertz CT molecular complexity index is 817. The minimum absolute atomic E-state index is 0.236. The summed E-state index contributed by atoms with van der Waals surface area (Å²) in [7, 11) is 1.55. The SMILES string of the molecule is COc1ccc(C)cc1NC(=O)c1ccc2c(c1)NC(=O)C(C)O2. The number of hydrogen-bond acceptors (Lipinski definition) is 4. The van der Waals surface area contributed by atoms with Gasteiger partial charge in [-0.1, -0.05) is 6.07 Å². The normalized spacial score (nSPS) is 15.8. The molecule has 0 bridgehead atoms. The van der Waals surface area contributed by atoms with E-state index in [4.69, 9.17) is 9.47 Å². The quantitative estimate of drug-likeness (QED) is 0.909. The molecule has 1 atom stereocenters. The number of carbonyl (C=O) groups is 2. The summed E-state index contributed by atoms with van der Waals surface area (Å²) in [5, 5.41) is 5.56. The fourth-order valence-electron chi connectivity index (χ4n) is 2.46. The predicted molar refractivity (Wildman–Crippen MR) is 90.8 cm³/mol. The van der Waals surface area contributed by atoms with Crippen LogP contribution in [0.3, 0.4) is 0 Å². The molecule has 0 aromatic heterocycles. The highest BCUT2D eigenvalue weighted by Crippen LogP contribution is 2.31. The molecule has 1 unspecified atom stereocenters. The lowest BCUT2D eigenvalue weighted by Crippen LogP contribution is -2.34. The molecule has 0 saturated heterocycles. The van der Waals surface area contributed by atoms with Gasteiger partial charge in [-0.2, -0.15) is 0 Å². The van der Waals surface area contributed by atoms with Crippen LogP contribution in [0.5, 0.6) is 11.5 Å². The van der Waals surface area contributed by atoms with Crippen molar-refractivity contribution >= 4 is 23.2 Å². The maximum absolute atomic E-state index is 12.5. The van der Waals surface area contributed by atoms with Gasteiger partial charge in [-0.05, 0) is 49.7 Å². The number of ether oxygens (including phenoxy) is 2. The third-order valence-corrected chi connectivity index (χ3v) is 3.78. The van der Waals surface area contributed by atoms with E-state index in [0.717, 1.165) is 5.56 Å². The van der Waals surface area contributed by atoms with E-state index in [0.29, 0.717) is 28.4 Å². The summed E-state index contributed by atoms with van der Waals surface area (Å²) in [6.45, 7) is 3.60. The molecule has 2 amide bonds. The molecule has 2 N–H and O–H groups in total. The molecule has 1 heterocycles. The number of methoxy groups -OCH3 is 1. The molecule has 6 nitrogen and oxygen atoms in total. The average molecular weight is 326 g/mol. The van der Waals surface area contributed by atoms with Gasteiger partial charge in [0, 0.05) is 5.56 Å². The van der Waals surface area contributed by atoms with Crippen molar-refractivity contribution in [3.63, 3.8) is 0 Å². The number of aryl methyl sites for hydroxylation is 1. The molecule has 2 aromatic rings. The summed E-state index contributed by atoms with van der Waals surface area (Å²) in [4.78, 5) is 24.2. The lowest BCUT2D eigenvalue weighted by atomic mass is 10.1. The lowest BCUT2D eigenvalue weighted by Gasteiger charge is -2.23. The van der Waals surface area contributed by atoms with Crippen LogP contribution >= 0.6 is 0 Å². The van der Waals surface area contributed by atoms with Crippen LogP contribution in [0.1, 0.15) is 22.8 Å². The summed E-state index contributed by atoms with van der Waals surface area (Å²) < 4.78 is 10.7. The Labute approximate surface area is 139 Å². The van der Waals surface area contributed by atoms with Gasteiger partial charge in [-0.25, -0.2) is 0 Å². The Morgan fingerprint density at radius 2 is 2.04 bits per heavy atom. The van der Waals surface area contributed by atoms with E-state index in [2.05, 4.69) is 10.6 Å².